The van der Waals surface area contributed by atoms with E-state index in [-0.39, 0.29) is 30.0 Å². The van der Waals surface area contributed by atoms with Crippen LogP contribution in [0.4, 0.5) is 0 Å². The van der Waals surface area contributed by atoms with Crippen molar-refractivity contribution < 1.29 is 18.0 Å². The Kier molecular flexibility index (Phi) is 4.03. The van der Waals surface area contributed by atoms with E-state index in [0.717, 1.165) is 11.0 Å². The second kappa shape index (κ2) is 5.99. The quantitative estimate of drug-likeness (QED) is 0.701. The predicted octanol–water partition coefficient (Wildman–Crippen LogP) is -0.404. The highest BCUT2D eigenvalue weighted by Gasteiger charge is 2.28. The highest BCUT2D eigenvalue weighted by molar-refractivity contribution is 7.91. The molecule has 1 aromatic heterocycles. The molecule has 1 atom stereocenters. The molecule has 8 nitrogen and oxygen atoms in total. The lowest BCUT2D eigenvalue weighted by Gasteiger charge is -2.11. The van der Waals surface area contributed by atoms with Gasteiger partial charge in [-0.25, -0.2) is 13.4 Å². The molecule has 9 heteroatoms. The van der Waals surface area contributed by atoms with Crippen LogP contribution in [0.15, 0.2) is 24.5 Å². The fraction of sp³-hybridized carbons (Fsp3) is 0.357. The lowest BCUT2D eigenvalue weighted by molar-refractivity contribution is -0.120. The van der Waals surface area contributed by atoms with E-state index >= 15 is 0 Å². The van der Waals surface area contributed by atoms with E-state index in [2.05, 4.69) is 20.6 Å². The molecule has 1 fully saturated rings. The van der Waals surface area contributed by atoms with Gasteiger partial charge in [-0.05, 0) is 24.6 Å². The Morgan fingerprint density at radius 2 is 2.17 bits per heavy atom. The largest absolute Gasteiger partial charge is 0.351 e. The Hall–Kier alpha value is -2.42. The first-order valence-corrected chi connectivity index (χ1v) is 8.96. The summed E-state index contributed by atoms with van der Waals surface area (Å²) in [6.45, 7) is -0.198. The van der Waals surface area contributed by atoms with Crippen LogP contribution in [0.1, 0.15) is 16.8 Å². The number of carbonyl (C=O) groups excluding carboxylic acids is 2. The summed E-state index contributed by atoms with van der Waals surface area (Å²) >= 11 is 0. The Morgan fingerprint density at radius 1 is 1.35 bits per heavy atom. The first-order chi connectivity index (χ1) is 10.9. The fourth-order valence-electron chi connectivity index (χ4n) is 2.53. The van der Waals surface area contributed by atoms with E-state index in [0.29, 0.717) is 12.0 Å². The van der Waals surface area contributed by atoms with Crippen LogP contribution in [0.5, 0.6) is 0 Å². The maximum atomic E-state index is 12.0. The molecule has 2 heterocycles. The Labute approximate surface area is 132 Å². The van der Waals surface area contributed by atoms with Crippen molar-refractivity contribution >= 4 is 32.7 Å². The third-order valence-corrected chi connectivity index (χ3v) is 5.46. The lowest BCUT2D eigenvalue weighted by atomic mass is 10.2. The number of benzene rings is 1. The van der Waals surface area contributed by atoms with Crippen molar-refractivity contribution in [1.29, 1.82) is 0 Å². The van der Waals surface area contributed by atoms with Gasteiger partial charge in [0.1, 0.15) is 0 Å². The minimum atomic E-state index is -3.04. The van der Waals surface area contributed by atoms with Crippen molar-refractivity contribution in [3.8, 4) is 0 Å². The molecule has 0 spiro atoms. The first-order valence-electron chi connectivity index (χ1n) is 7.14. The molecule has 1 saturated heterocycles. The predicted molar refractivity (Wildman–Crippen MR) is 83.6 cm³/mol. The van der Waals surface area contributed by atoms with Gasteiger partial charge in [-0.3, -0.25) is 9.59 Å². The van der Waals surface area contributed by atoms with Crippen molar-refractivity contribution in [1.82, 2.24) is 20.6 Å². The summed E-state index contributed by atoms with van der Waals surface area (Å²) in [7, 11) is -3.04. The third kappa shape index (κ3) is 3.67. The van der Waals surface area contributed by atoms with E-state index in [4.69, 9.17) is 0 Å². The molecule has 1 aliphatic rings. The lowest BCUT2D eigenvalue weighted by Crippen LogP contribution is -2.42. The van der Waals surface area contributed by atoms with E-state index in [1.807, 2.05) is 0 Å². The molecule has 2 aromatic rings. The number of aromatic nitrogens is 2. The molecule has 3 rings (SSSR count). The van der Waals surface area contributed by atoms with E-state index in [9.17, 15) is 18.0 Å². The van der Waals surface area contributed by atoms with Gasteiger partial charge >= 0.3 is 0 Å². The molecule has 0 aliphatic carbocycles. The SMILES string of the molecule is O=C(CNC(=O)c1ccc2nc[nH]c2c1)NC1CCS(=O)(=O)C1. The van der Waals surface area contributed by atoms with E-state index < -0.39 is 15.7 Å². The number of carbonyl (C=O) groups is 2. The Morgan fingerprint density at radius 3 is 2.91 bits per heavy atom. The van der Waals surface area contributed by atoms with Gasteiger partial charge in [0.15, 0.2) is 9.84 Å². The van der Waals surface area contributed by atoms with Crippen molar-refractivity contribution in [2.75, 3.05) is 18.1 Å². The zero-order chi connectivity index (χ0) is 16.4. The standard InChI is InChI=1S/C14H16N4O4S/c19-13(18-10-3-4-23(21,22)7-10)6-15-14(20)9-1-2-11-12(5-9)17-8-16-11/h1-2,5,8,10H,3-4,6-7H2,(H,15,20)(H,16,17)(H,18,19). The Bertz CT molecular complexity index is 859. The summed E-state index contributed by atoms with van der Waals surface area (Å²) < 4.78 is 22.7. The minimum Gasteiger partial charge on any atom is -0.351 e. The van der Waals surface area contributed by atoms with Crippen LogP contribution < -0.4 is 10.6 Å². The number of aromatic amines is 1. The van der Waals surface area contributed by atoms with Crippen LogP contribution >= 0.6 is 0 Å². The molecule has 0 saturated carbocycles. The summed E-state index contributed by atoms with van der Waals surface area (Å²) in [5, 5.41) is 5.13. The van der Waals surface area contributed by atoms with Crippen LogP contribution in [-0.2, 0) is 14.6 Å². The van der Waals surface area contributed by atoms with Gasteiger partial charge < -0.3 is 15.6 Å². The molecular weight excluding hydrogens is 320 g/mol. The maximum Gasteiger partial charge on any atom is 0.251 e. The second-order valence-corrected chi connectivity index (χ2v) is 7.71. The van der Waals surface area contributed by atoms with Crippen molar-refractivity contribution in [3.05, 3.63) is 30.1 Å². The number of H-pyrrole nitrogens is 1. The molecule has 23 heavy (non-hydrogen) atoms. The zero-order valence-electron chi connectivity index (χ0n) is 12.2. The fourth-order valence-corrected chi connectivity index (χ4v) is 4.20. The Balaban J connectivity index is 1.53. The molecular formula is C14H16N4O4S. The number of fused-ring (bicyclic) bond motifs is 1. The molecule has 0 radical (unpaired) electrons. The number of hydrogen-bond acceptors (Lipinski definition) is 5. The van der Waals surface area contributed by atoms with Crippen LogP contribution in [0.3, 0.4) is 0 Å². The average molecular weight is 336 g/mol. The molecule has 0 bridgehead atoms. The van der Waals surface area contributed by atoms with Gasteiger partial charge in [-0.1, -0.05) is 0 Å². The molecule has 122 valence electrons. The van der Waals surface area contributed by atoms with Crippen LogP contribution in [-0.4, -0.2) is 54.3 Å². The highest BCUT2D eigenvalue weighted by Crippen LogP contribution is 2.12. The van der Waals surface area contributed by atoms with Gasteiger partial charge in [0.25, 0.3) is 5.91 Å². The number of nitrogens with one attached hydrogen (secondary N) is 3. The number of sulfone groups is 1. The monoisotopic (exact) mass is 336 g/mol. The second-order valence-electron chi connectivity index (χ2n) is 5.48. The minimum absolute atomic E-state index is 0.0385. The zero-order valence-corrected chi connectivity index (χ0v) is 13.0. The summed E-state index contributed by atoms with van der Waals surface area (Å²) in [6, 6.07) is 4.62. The van der Waals surface area contributed by atoms with Gasteiger partial charge in [-0.15, -0.1) is 0 Å². The van der Waals surface area contributed by atoms with Gasteiger partial charge in [0, 0.05) is 11.6 Å². The smallest absolute Gasteiger partial charge is 0.251 e. The topological polar surface area (TPSA) is 121 Å². The normalized spacial score (nSPS) is 19.6. The van der Waals surface area contributed by atoms with Crippen molar-refractivity contribution in [3.63, 3.8) is 0 Å². The summed E-state index contributed by atoms with van der Waals surface area (Å²) in [6.07, 6.45) is 1.95. The highest BCUT2D eigenvalue weighted by atomic mass is 32.2. The van der Waals surface area contributed by atoms with Crippen molar-refractivity contribution in [2.24, 2.45) is 0 Å². The number of hydrogen-bond donors (Lipinski definition) is 3. The number of nitrogens with zero attached hydrogens (tertiary/aromatic N) is 1. The van der Waals surface area contributed by atoms with Crippen LogP contribution in [0, 0.1) is 0 Å². The summed E-state index contributed by atoms with van der Waals surface area (Å²) in [5.41, 5.74) is 1.90. The van der Waals surface area contributed by atoms with Crippen LogP contribution in [0.25, 0.3) is 11.0 Å². The van der Waals surface area contributed by atoms with Gasteiger partial charge in [0.2, 0.25) is 5.91 Å². The average Bonchev–Trinajstić information content (AvgIpc) is 3.10. The maximum absolute atomic E-state index is 12.0. The molecule has 3 N–H and O–H groups in total. The van der Waals surface area contributed by atoms with E-state index in [1.165, 1.54) is 6.33 Å². The molecule has 1 unspecified atom stereocenters. The first kappa shape index (κ1) is 15.5. The third-order valence-electron chi connectivity index (χ3n) is 3.69. The molecule has 1 aliphatic heterocycles. The summed E-state index contributed by atoms with van der Waals surface area (Å²) in [5.74, 6) is -0.726. The van der Waals surface area contributed by atoms with Crippen LogP contribution in [0.2, 0.25) is 0 Å². The summed E-state index contributed by atoms with van der Waals surface area (Å²) in [4.78, 5) is 30.8. The number of rotatable bonds is 4. The van der Waals surface area contributed by atoms with Gasteiger partial charge in [-0.2, -0.15) is 0 Å². The molecule has 2 amide bonds. The van der Waals surface area contributed by atoms with Gasteiger partial charge in [0.05, 0.1) is 35.4 Å². The molecule has 1 aromatic carbocycles. The van der Waals surface area contributed by atoms with E-state index in [1.54, 1.807) is 18.2 Å². The number of imidazole rings is 1. The van der Waals surface area contributed by atoms with Crippen molar-refractivity contribution in [2.45, 2.75) is 12.5 Å². The number of amides is 2.